The second-order valence-corrected chi connectivity index (χ2v) is 4.01. The quantitative estimate of drug-likeness (QED) is 0.730. The molecule has 0 bridgehead atoms. The highest BCUT2D eigenvalue weighted by atomic mass is 16.2. The fourth-order valence-corrected chi connectivity index (χ4v) is 2.09. The van der Waals surface area contributed by atoms with Gasteiger partial charge in [0.15, 0.2) is 5.65 Å². The molecule has 17 heavy (non-hydrogen) atoms. The van der Waals surface area contributed by atoms with Gasteiger partial charge in [-0.3, -0.25) is 9.78 Å². The van der Waals surface area contributed by atoms with Crippen molar-refractivity contribution in [2.45, 2.75) is 12.8 Å². The summed E-state index contributed by atoms with van der Waals surface area (Å²) in [5.74, 6) is -0.163. The highest BCUT2D eigenvalue weighted by Gasteiger charge is 2.22. The molecule has 1 aliphatic heterocycles. The molecular formula is C10H11N5O2. The molecule has 7 heteroatoms. The summed E-state index contributed by atoms with van der Waals surface area (Å²) in [5.41, 5.74) is 0.216. The van der Waals surface area contributed by atoms with Gasteiger partial charge < -0.3 is 4.90 Å². The zero-order valence-electron chi connectivity index (χ0n) is 9.09. The lowest BCUT2D eigenvalue weighted by Crippen LogP contribution is -2.31. The number of amides is 1. The summed E-state index contributed by atoms with van der Waals surface area (Å²) >= 11 is 0. The molecule has 7 nitrogen and oxygen atoms in total. The first-order valence-corrected chi connectivity index (χ1v) is 5.48. The molecule has 3 heterocycles. The van der Waals surface area contributed by atoms with E-state index in [1.165, 1.54) is 16.8 Å². The van der Waals surface area contributed by atoms with Crippen molar-refractivity contribution in [2.24, 2.45) is 0 Å². The van der Waals surface area contributed by atoms with E-state index in [-0.39, 0.29) is 11.6 Å². The number of nitrogens with one attached hydrogen (secondary N) is 1. The van der Waals surface area contributed by atoms with Crippen LogP contribution in [0.15, 0.2) is 17.2 Å². The molecule has 0 radical (unpaired) electrons. The van der Waals surface area contributed by atoms with Crippen molar-refractivity contribution < 1.29 is 4.79 Å². The maximum absolute atomic E-state index is 12.2. The lowest BCUT2D eigenvalue weighted by Gasteiger charge is -2.14. The SMILES string of the molecule is O=C(c1cncc2n[nH]c(=O)n12)N1CCCC1. The number of fused-ring (bicyclic) bond motifs is 1. The van der Waals surface area contributed by atoms with Crippen molar-refractivity contribution in [3.63, 3.8) is 0 Å². The molecule has 2 aromatic heterocycles. The first-order chi connectivity index (χ1) is 8.27. The van der Waals surface area contributed by atoms with Gasteiger partial charge in [0, 0.05) is 13.1 Å². The fourth-order valence-electron chi connectivity index (χ4n) is 2.09. The summed E-state index contributed by atoms with van der Waals surface area (Å²) in [7, 11) is 0. The topological polar surface area (TPSA) is 83.4 Å². The number of carbonyl (C=O) groups excluding carboxylic acids is 1. The number of rotatable bonds is 1. The third-order valence-electron chi connectivity index (χ3n) is 2.94. The summed E-state index contributed by atoms with van der Waals surface area (Å²) in [5, 5.41) is 6.09. The zero-order chi connectivity index (χ0) is 11.8. The number of aromatic amines is 1. The van der Waals surface area contributed by atoms with E-state index >= 15 is 0 Å². The largest absolute Gasteiger partial charge is 0.348 e. The average Bonchev–Trinajstić information content (AvgIpc) is 2.98. The van der Waals surface area contributed by atoms with Crippen LogP contribution in [-0.2, 0) is 0 Å². The Kier molecular flexibility index (Phi) is 2.17. The standard InChI is InChI=1S/C10H11N5O2/c16-9(14-3-1-2-4-14)7-5-11-6-8-12-13-10(17)15(7)8/h5-6H,1-4H2,(H,13,17). The molecule has 0 atom stereocenters. The van der Waals surface area contributed by atoms with Gasteiger partial charge in [-0.2, -0.15) is 5.10 Å². The smallest absolute Gasteiger partial charge is 0.337 e. The summed E-state index contributed by atoms with van der Waals surface area (Å²) in [4.78, 5) is 29.4. The van der Waals surface area contributed by atoms with Crippen molar-refractivity contribution in [1.29, 1.82) is 0 Å². The molecule has 1 fully saturated rings. The van der Waals surface area contributed by atoms with Gasteiger partial charge in [0.25, 0.3) is 5.91 Å². The Labute approximate surface area is 96.1 Å². The number of hydrogen-bond acceptors (Lipinski definition) is 4. The van der Waals surface area contributed by atoms with Gasteiger partial charge in [0.05, 0.1) is 12.4 Å². The number of hydrogen-bond donors (Lipinski definition) is 1. The fraction of sp³-hybridized carbons (Fsp3) is 0.400. The summed E-state index contributed by atoms with van der Waals surface area (Å²) in [6.45, 7) is 1.48. The van der Waals surface area contributed by atoms with Crippen LogP contribution in [0.4, 0.5) is 0 Å². The number of H-pyrrole nitrogens is 1. The van der Waals surface area contributed by atoms with E-state index in [1.807, 2.05) is 0 Å². The van der Waals surface area contributed by atoms with E-state index in [0.29, 0.717) is 5.65 Å². The summed E-state index contributed by atoms with van der Waals surface area (Å²) in [6.07, 6.45) is 4.87. The molecule has 88 valence electrons. The van der Waals surface area contributed by atoms with Crippen molar-refractivity contribution in [3.05, 3.63) is 28.6 Å². The molecule has 3 rings (SSSR count). The third kappa shape index (κ3) is 1.50. The number of nitrogens with zero attached hydrogens (tertiary/aromatic N) is 4. The Hall–Kier alpha value is -2.18. The molecule has 0 aromatic carbocycles. The van der Waals surface area contributed by atoms with Gasteiger partial charge in [-0.1, -0.05) is 0 Å². The average molecular weight is 233 g/mol. The molecule has 1 amide bonds. The summed E-state index contributed by atoms with van der Waals surface area (Å²) < 4.78 is 1.26. The second kappa shape index (κ2) is 3.69. The first-order valence-electron chi connectivity index (χ1n) is 5.48. The lowest BCUT2D eigenvalue weighted by atomic mass is 10.4. The van der Waals surface area contributed by atoms with Gasteiger partial charge in [0.2, 0.25) is 0 Å². The molecular weight excluding hydrogens is 222 g/mol. The van der Waals surface area contributed by atoms with Crippen LogP contribution in [0.5, 0.6) is 0 Å². The highest BCUT2D eigenvalue weighted by molar-refractivity contribution is 5.93. The Morgan fingerprint density at radius 2 is 2.06 bits per heavy atom. The first kappa shape index (κ1) is 10.0. The van der Waals surface area contributed by atoms with E-state index in [4.69, 9.17) is 0 Å². The minimum Gasteiger partial charge on any atom is -0.337 e. The minimum atomic E-state index is -0.412. The van der Waals surface area contributed by atoms with E-state index in [0.717, 1.165) is 25.9 Å². The molecule has 0 aliphatic carbocycles. The van der Waals surface area contributed by atoms with Crippen LogP contribution in [0.3, 0.4) is 0 Å². The third-order valence-corrected chi connectivity index (χ3v) is 2.94. The van der Waals surface area contributed by atoms with Gasteiger partial charge in [-0.25, -0.2) is 14.3 Å². The second-order valence-electron chi connectivity index (χ2n) is 4.01. The highest BCUT2D eigenvalue weighted by Crippen LogP contribution is 2.12. The van der Waals surface area contributed by atoms with Crippen LogP contribution >= 0.6 is 0 Å². The molecule has 1 N–H and O–H groups in total. The molecule has 0 spiro atoms. The molecule has 0 saturated carbocycles. The predicted octanol–water partition coefficient (Wildman–Crippen LogP) is -0.346. The van der Waals surface area contributed by atoms with Crippen LogP contribution in [-0.4, -0.2) is 43.5 Å². The Morgan fingerprint density at radius 1 is 1.29 bits per heavy atom. The number of carbonyl (C=O) groups is 1. The normalized spacial score (nSPS) is 15.6. The van der Waals surface area contributed by atoms with E-state index in [9.17, 15) is 9.59 Å². The Balaban J connectivity index is 2.13. The van der Waals surface area contributed by atoms with Crippen LogP contribution in [0.25, 0.3) is 5.65 Å². The van der Waals surface area contributed by atoms with Crippen LogP contribution in [0.1, 0.15) is 23.3 Å². The van der Waals surface area contributed by atoms with E-state index < -0.39 is 5.69 Å². The number of likely N-dealkylation sites (tertiary alicyclic amines) is 1. The predicted molar refractivity (Wildman–Crippen MR) is 58.7 cm³/mol. The van der Waals surface area contributed by atoms with Crippen LogP contribution < -0.4 is 5.69 Å². The molecule has 1 saturated heterocycles. The van der Waals surface area contributed by atoms with Crippen molar-refractivity contribution in [1.82, 2.24) is 24.5 Å². The monoisotopic (exact) mass is 233 g/mol. The van der Waals surface area contributed by atoms with E-state index in [1.54, 1.807) is 4.90 Å². The number of aromatic nitrogens is 4. The van der Waals surface area contributed by atoms with Crippen molar-refractivity contribution in [2.75, 3.05) is 13.1 Å². The molecule has 0 unspecified atom stereocenters. The van der Waals surface area contributed by atoms with Gasteiger partial charge >= 0.3 is 5.69 Å². The maximum Gasteiger partial charge on any atom is 0.348 e. The Morgan fingerprint density at radius 3 is 2.82 bits per heavy atom. The minimum absolute atomic E-state index is 0.163. The molecule has 1 aliphatic rings. The van der Waals surface area contributed by atoms with E-state index in [2.05, 4.69) is 15.2 Å². The molecule has 2 aromatic rings. The van der Waals surface area contributed by atoms with Crippen LogP contribution in [0, 0.1) is 0 Å². The maximum atomic E-state index is 12.2. The Bertz CT molecular complexity index is 623. The van der Waals surface area contributed by atoms with Crippen molar-refractivity contribution in [3.8, 4) is 0 Å². The summed E-state index contributed by atoms with van der Waals surface area (Å²) in [6, 6.07) is 0. The zero-order valence-corrected chi connectivity index (χ0v) is 9.09. The van der Waals surface area contributed by atoms with Gasteiger partial charge in [0.1, 0.15) is 5.69 Å². The van der Waals surface area contributed by atoms with Gasteiger partial charge in [-0.05, 0) is 12.8 Å². The van der Waals surface area contributed by atoms with Crippen molar-refractivity contribution >= 4 is 11.6 Å². The van der Waals surface area contributed by atoms with Gasteiger partial charge in [-0.15, -0.1) is 0 Å². The lowest BCUT2D eigenvalue weighted by molar-refractivity contribution is 0.0784. The van der Waals surface area contributed by atoms with Crippen LogP contribution in [0.2, 0.25) is 0 Å².